The minimum atomic E-state index is -0.529. The van der Waals surface area contributed by atoms with Gasteiger partial charge in [0.05, 0.1) is 16.7 Å². The van der Waals surface area contributed by atoms with Gasteiger partial charge in [0.1, 0.15) is 18.1 Å². The maximum atomic E-state index is 13.1. The molecular weight excluding hydrogens is 426 g/mol. The van der Waals surface area contributed by atoms with Gasteiger partial charge in [-0.15, -0.1) is 0 Å². The van der Waals surface area contributed by atoms with E-state index in [1.807, 2.05) is 6.07 Å². The Bertz CT molecular complexity index is 1120. The zero-order valence-corrected chi connectivity index (χ0v) is 18.4. The van der Waals surface area contributed by atoms with Gasteiger partial charge in [-0.1, -0.05) is 18.2 Å². The first-order valence-electron chi connectivity index (χ1n) is 10.4. The number of nitro groups is 1. The Morgan fingerprint density at radius 1 is 1.09 bits per heavy atom. The fourth-order valence-electron chi connectivity index (χ4n) is 3.26. The Balaban J connectivity index is 1.65. The lowest BCUT2D eigenvalue weighted by Gasteiger charge is -2.14. The van der Waals surface area contributed by atoms with Crippen LogP contribution in [0.5, 0.6) is 0 Å². The van der Waals surface area contributed by atoms with E-state index in [2.05, 4.69) is 5.32 Å². The average molecular weight is 451 g/mol. The number of nitro benzene ring substituents is 1. The Labute approximate surface area is 191 Å². The molecule has 1 aromatic heterocycles. The second kappa shape index (κ2) is 11.1. The minimum Gasteiger partial charge on any atom is -0.467 e. The lowest BCUT2D eigenvalue weighted by atomic mass is 9.97. The molecule has 0 radical (unpaired) electrons. The summed E-state index contributed by atoms with van der Waals surface area (Å²) in [5, 5.41) is 14.2. The molecule has 2 aromatic carbocycles. The highest BCUT2D eigenvalue weighted by atomic mass is 16.6. The molecule has 33 heavy (non-hydrogen) atoms. The summed E-state index contributed by atoms with van der Waals surface area (Å²) in [6.45, 7) is 1.16. The van der Waals surface area contributed by atoms with Gasteiger partial charge in [-0.2, -0.15) is 0 Å². The molecule has 0 atom stereocenters. The van der Waals surface area contributed by atoms with E-state index in [1.165, 1.54) is 24.3 Å². The van der Waals surface area contributed by atoms with E-state index >= 15 is 0 Å². The number of benzene rings is 2. The fraction of sp³-hybridized carbons (Fsp3) is 0.250. The highest BCUT2D eigenvalue weighted by Crippen LogP contribution is 2.29. The van der Waals surface area contributed by atoms with Gasteiger partial charge < -0.3 is 19.4 Å². The number of carbonyl (C=O) groups excluding carboxylic acids is 2. The van der Waals surface area contributed by atoms with Crippen LogP contribution in [0.2, 0.25) is 0 Å². The van der Waals surface area contributed by atoms with Gasteiger partial charge in [-0.25, -0.2) is 0 Å². The van der Waals surface area contributed by atoms with E-state index in [-0.39, 0.29) is 22.4 Å². The zero-order valence-electron chi connectivity index (χ0n) is 18.4. The van der Waals surface area contributed by atoms with Gasteiger partial charge in [-0.05, 0) is 36.8 Å². The van der Waals surface area contributed by atoms with E-state index in [1.54, 1.807) is 49.5 Å². The Kier molecular flexibility index (Phi) is 7.93. The van der Waals surface area contributed by atoms with Gasteiger partial charge in [-0.3, -0.25) is 19.7 Å². The number of hydrogen-bond donors (Lipinski definition) is 1. The third-order valence-electron chi connectivity index (χ3n) is 4.91. The van der Waals surface area contributed by atoms with Crippen molar-refractivity contribution in [3.8, 4) is 0 Å². The van der Waals surface area contributed by atoms with Crippen LogP contribution in [0.1, 0.15) is 38.5 Å². The summed E-state index contributed by atoms with van der Waals surface area (Å²) >= 11 is 0. The van der Waals surface area contributed by atoms with Crippen LogP contribution >= 0.6 is 0 Å². The highest BCUT2D eigenvalue weighted by molar-refractivity contribution is 6.15. The number of anilines is 1. The molecule has 1 N–H and O–H groups in total. The normalized spacial score (nSPS) is 10.6. The topological polar surface area (TPSA) is 115 Å². The highest BCUT2D eigenvalue weighted by Gasteiger charge is 2.22. The third kappa shape index (κ3) is 6.05. The van der Waals surface area contributed by atoms with Crippen molar-refractivity contribution in [2.45, 2.75) is 13.0 Å². The van der Waals surface area contributed by atoms with Gasteiger partial charge in [0, 0.05) is 44.4 Å². The van der Waals surface area contributed by atoms with E-state index in [4.69, 9.17) is 9.15 Å². The predicted molar refractivity (Wildman–Crippen MR) is 123 cm³/mol. The number of hydrogen-bond acceptors (Lipinski definition) is 7. The molecule has 1 amide bonds. The van der Waals surface area contributed by atoms with Crippen molar-refractivity contribution < 1.29 is 23.7 Å². The van der Waals surface area contributed by atoms with E-state index in [9.17, 15) is 19.7 Å². The molecule has 0 saturated carbocycles. The summed E-state index contributed by atoms with van der Waals surface area (Å²) in [5.74, 6) is -0.134. The Morgan fingerprint density at radius 3 is 2.52 bits per heavy atom. The van der Waals surface area contributed by atoms with E-state index in [0.29, 0.717) is 31.9 Å². The molecule has 0 unspecified atom stereocenters. The summed E-state index contributed by atoms with van der Waals surface area (Å²) in [6.07, 6.45) is 2.16. The molecule has 1 heterocycles. The molecule has 3 aromatic rings. The number of furan rings is 1. The maximum absolute atomic E-state index is 13.1. The molecule has 0 spiro atoms. The first-order chi connectivity index (χ1) is 15.9. The summed E-state index contributed by atoms with van der Waals surface area (Å²) in [6, 6.07) is 14.3. The van der Waals surface area contributed by atoms with Gasteiger partial charge in [0.25, 0.3) is 11.6 Å². The first-order valence-corrected chi connectivity index (χ1v) is 10.4. The quantitative estimate of drug-likeness (QED) is 0.204. The maximum Gasteiger partial charge on any atom is 0.293 e. The smallest absolute Gasteiger partial charge is 0.293 e. The van der Waals surface area contributed by atoms with Gasteiger partial charge >= 0.3 is 0 Å². The molecule has 172 valence electrons. The van der Waals surface area contributed by atoms with Crippen molar-refractivity contribution in [3.63, 3.8) is 0 Å². The summed E-state index contributed by atoms with van der Waals surface area (Å²) in [4.78, 5) is 38.4. The van der Waals surface area contributed by atoms with Crippen LogP contribution in [-0.4, -0.2) is 43.9 Å². The lowest BCUT2D eigenvalue weighted by molar-refractivity contribution is -0.384. The van der Waals surface area contributed by atoms with Crippen molar-refractivity contribution in [2.24, 2.45) is 0 Å². The van der Waals surface area contributed by atoms with Gasteiger partial charge in [0.2, 0.25) is 0 Å². The lowest BCUT2D eigenvalue weighted by Crippen LogP contribution is -2.27. The molecule has 0 fully saturated rings. The van der Waals surface area contributed by atoms with Crippen LogP contribution in [0.4, 0.5) is 11.4 Å². The Morgan fingerprint density at radius 2 is 1.85 bits per heavy atom. The number of rotatable bonds is 11. The van der Waals surface area contributed by atoms with E-state index < -0.39 is 16.6 Å². The van der Waals surface area contributed by atoms with E-state index in [0.717, 1.165) is 5.76 Å². The SMILES string of the molecule is CN(C)c1ccc(C(=O)c2ccccc2C(=O)NCCCOCc2ccco2)cc1[N+](=O)[O-]. The second-order valence-electron chi connectivity index (χ2n) is 7.47. The van der Waals surface area contributed by atoms with Crippen LogP contribution in [0, 0.1) is 10.1 Å². The monoisotopic (exact) mass is 451 g/mol. The molecule has 9 heteroatoms. The number of amides is 1. The predicted octanol–water partition coefficient (Wildman–Crippen LogP) is 3.82. The van der Waals surface area contributed by atoms with Crippen molar-refractivity contribution in [1.82, 2.24) is 5.32 Å². The zero-order chi connectivity index (χ0) is 23.8. The summed E-state index contributed by atoms with van der Waals surface area (Å²) in [7, 11) is 3.37. The number of carbonyl (C=O) groups is 2. The van der Waals surface area contributed by atoms with Crippen LogP contribution in [-0.2, 0) is 11.3 Å². The number of nitrogens with one attached hydrogen (secondary N) is 1. The third-order valence-corrected chi connectivity index (χ3v) is 4.91. The van der Waals surface area contributed by atoms with Gasteiger partial charge in [0.15, 0.2) is 5.78 Å². The molecule has 9 nitrogen and oxygen atoms in total. The number of ketones is 1. The van der Waals surface area contributed by atoms with Crippen molar-refractivity contribution in [2.75, 3.05) is 32.1 Å². The second-order valence-corrected chi connectivity index (χ2v) is 7.47. The van der Waals surface area contributed by atoms with Crippen molar-refractivity contribution in [1.29, 1.82) is 0 Å². The fourth-order valence-corrected chi connectivity index (χ4v) is 3.26. The molecule has 0 bridgehead atoms. The van der Waals surface area contributed by atoms with Crippen LogP contribution in [0.25, 0.3) is 0 Å². The number of ether oxygens (including phenoxy) is 1. The minimum absolute atomic E-state index is 0.138. The molecule has 0 aliphatic rings. The van der Waals surface area contributed by atoms with Crippen LogP contribution < -0.4 is 10.2 Å². The number of nitrogens with zero attached hydrogens (tertiary/aromatic N) is 2. The molecule has 0 aliphatic heterocycles. The average Bonchev–Trinajstić information content (AvgIpc) is 3.33. The molecule has 3 rings (SSSR count). The molecule has 0 saturated heterocycles. The molecule has 0 aliphatic carbocycles. The standard InChI is InChI=1S/C24H25N3O6/c1-26(2)21-11-10-17(15-22(21)27(30)31)23(28)19-8-3-4-9-20(19)24(29)25-12-6-13-32-16-18-7-5-14-33-18/h3-5,7-11,14-15H,6,12-13,16H2,1-2H3,(H,25,29). The summed E-state index contributed by atoms with van der Waals surface area (Å²) < 4.78 is 10.7. The molecular formula is C24H25N3O6. The van der Waals surface area contributed by atoms with Crippen LogP contribution in [0.3, 0.4) is 0 Å². The summed E-state index contributed by atoms with van der Waals surface area (Å²) in [5.41, 5.74) is 0.729. The van der Waals surface area contributed by atoms with Crippen molar-refractivity contribution in [3.05, 3.63) is 93.4 Å². The van der Waals surface area contributed by atoms with Crippen molar-refractivity contribution >= 4 is 23.1 Å². The Hall–Kier alpha value is -3.98. The first kappa shape index (κ1) is 23.7. The van der Waals surface area contributed by atoms with Crippen LogP contribution in [0.15, 0.2) is 65.3 Å². The largest absolute Gasteiger partial charge is 0.467 e.